The molecule has 0 unspecified atom stereocenters. The number of carbonyl (C=O) groups is 1. The van der Waals surface area contributed by atoms with Gasteiger partial charge in [-0.25, -0.2) is 9.38 Å². The first-order valence-electron chi connectivity index (χ1n) is 8.77. The molecule has 0 bridgehead atoms. The number of nitriles is 1. The predicted molar refractivity (Wildman–Crippen MR) is 102 cm³/mol. The molecule has 1 amide bonds. The second kappa shape index (κ2) is 6.17. The van der Waals surface area contributed by atoms with Crippen LogP contribution in [0.3, 0.4) is 0 Å². The molecule has 0 saturated heterocycles. The van der Waals surface area contributed by atoms with Crippen molar-refractivity contribution in [3.05, 3.63) is 45.9 Å². The molecule has 1 aliphatic heterocycles. The van der Waals surface area contributed by atoms with E-state index in [0.717, 1.165) is 28.8 Å². The zero-order chi connectivity index (χ0) is 19.3. The van der Waals surface area contributed by atoms with Gasteiger partial charge in [-0.15, -0.1) is 11.3 Å². The summed E-state index contributed by atoms with van der Waals surface area (Å²) in [6.07, 6.45) is 2.05. The van der Waals surface area contributed by atoms with Crippen LogP contribution in [0.1, 0.15) is 30.2 Å². The highest BCUT2D eigenvalue weighted by molar-refractivity contribution is 7.10. The van der Waals surface area contributed by atoms with Crippen LogP contribution in [0.4, 0.5) is 4.39 Å². The Kier molecular flexibility index (Phi) is 4.04. The average Bonchev–Trinajstić information content (AvgIpc) is 3.33. The fourth-order valence-electron chi connectivity index (χ4n) is 3.79. The summed E-state index contributed by atoms with van der Waals surface area (Å²) in [4.78, 5) is 20.0. The molecule has 0 radical (unpaired) electrons. The molecule has 1 aromatic carbocycles. The van der Waals surface area contributed by atoms with Gasteiger partial charge in [0.25, 0.3) is 0 Å². The lowest BCUT2D eigenvalue weighted by molar-refractivity contribution is -0.134. The minimum absolute atomic E-state index is 0.0102. The fourth-order valence-corrected chi connectivity index (χ4v) is 4.85. The maximum absolute atomic E-state index is 13.6. The molecule has 2 aliphatic rings. The van der Waals surface area contributed by atoms with E-state index in [1.807, 2.05) is 24.4 Å². The van der Waals surface area contributed by atoms with Crippen LogP contribution in [0, 0.1) is 29.0 Å². The maximum Gasteiger partial charge on any atom is 0.235 e. The third-order valence-corrected chi connectivity index (χ3v) is 6.66. The van der Waals surface area contributed by atoms with Crippen LogP contribution in [0.5, 0.6) is 0 Å². The Hall–Kier alpha value is -2.72. The SMILES string of the molecule is CN1C(=O)[C@H](C2CC2)[C@@](C)(c2cc(-c3ccc(F)c(C#N)c3)cs2)N=C1N. The molecule has 7 heteroatoms. The molecule has 2 aromatic rings. The molecule has 1 aliphatic carbocycles. The summed E-state index contributed by atoms with van der Waals surface area (Å²) < 4.78 is 13.6. The van der Waals surface area contributed by atoms with Gasteiger partial charge in [0.15, 0.2) is 5.96 Å². The predicted octanol–water partition coefficient (Wildman–Crippen LogP) is 3.45. The van der Waals surface area contributed by atoms with Crippen molar-refractivity contribution in [2.75, 3.05) is 7.05 Å². The van der Waals surface area contributed by atoms with Crippen molar-refractivity contribution in [3.8, 4) is 17.2 Å². The van der Waals surface area contributed by atoms with Crippen LogP contribution in [0.15, 0.2) is 34.6 Å². The quantitative estimate of drug-likeness (QED) is 0.882. The van der Waals surface area contributed by atoms with E-state index in [1.54, 1.807) is 19.2 Å². The number of nitrogens with zero attached hydrogens (tertiary/aromatic N) is 3. The number of guanidine groups is 1. The van der Waals surface area contributed by atoms with E-state index in [0.29, 0.717) is 5.92 Å². The minimum Gasteiger partial charge on any atom is -0.369 e. The number of halogens is 1. The van der Waals surface area contributed by atoms with Crippen molar-refractivity contribution in [1.29, 1.82) is 5.26 Å². The highest BCUT2D eigenvalue weighted by atomic mass is 32.1. The van der Waals surface area contributed by atoms with Crippen LogP contribution < -0.4 is 5.73 Å². The van der Waals surface area contributed by atoms with Crippen LogP contribution >= 0.6 is 11.3 Å². The van der Waals surface area contributed by atoms with Gasteiger partial charge in [0.1, 0.15) is 17.4 Å². The number of hydrogen-bond donors (Lipinski definition) is 1. The molecule has 2 atom stereocenters. The molecule has 2 N–H and O–H groups in total. The standard InChI is InChI=1S/C20H19FN4OS/c1-20(17(11-3-4-11)18(26)25(2)19(23)24-20)16-8-14(10-27-16)12-5-6-15(21)13(7-12)9-22/h5-8,10-11,17H,3-4H2,1-2H3,(H2,23,24)/t17-,20+/m0/s1. The molecule has 1 aromatic heterocycles. The third kappa shape index (κ3) is 2.81. The summed E-state index contributed by atoms with van der Waals surface area (Å²) in [6.45, 7) is 1.97. The Morgan fingerprint density at radius 2 is 2.11 bits per heavy atom. The zero-order valence-electron chi connectivity index (χ0n) is 15.1. The number of amides is 1. The second-order valence-electron chi connectivity index (χ2n) is 7.34. The molecule has 1 fully saturated rings. The minimum atomic E-state index is -0.712. The maximum atomic E-state index is 13.6. The van der Waals surface area contributed by atoms with Crippen LogP contribution in [-0.2, 0) is 10.3 Å². The van der Waals surface area contributed by atoms with Gasteiger partial charge in [-0.3, -0.25) is 9.69 Å². The number of rotatable bonds is 3. The lowest BCUT2D eigenvalue weighted by Crippen LogP contribution is -2.54. The molecule has 27 heavy (non-hydrogen) atoms. The number of nitrogens with two attached hydrogens (primary N) is 1. The molecular weight excluding hydrogens is 363 g/mol. The molecular formula is C20H19FN4OS. The van der Waals surface area contributed by atoms with E-state index in [2.05, 4.69) is 0 Å². The van der Waals surface area contributed by atoms with Gasteiger partial charge in [-0.2, -0.15) is 5.26 Å². The van der Waals surface area contributed by atoms with E-state index in [4.69, 9.17) is 16.0 Å². The molecule has 0 spiro atoms. The lowest BCUT2D eigenvalue weighted by atomic mass is 9.79. The van der Waals surface area contributed by atoms with E-state index < -0.39 is 11.4 Å². The van der Waals surface area contributed by atoms with E-state index in [1.165, 1.54) is 22.3 Å². The molecule has 4 rings (SSSR count). The number of thiophene rings is 1. The fraction of sp³-hybridized carbons (Fsp3) is 0.350. The summed E-state index contributed by atoms with van der Waals surface area (Å²) in [5.74, 6) is -0.206. The topological polar surface area (TPSA) is 82.5 Å². The van der Waals surface area contributed by atoms with E-state index in [-0.39, 0.29) is 23.3 Å². The normalized spacial score (nSPS) is 25.3. The monoisotopic (exact) mass is 382 g/mol. The van der Waals surface area contributed by atoms with Crippen LogP contribution in [0.25, 0.3) is 11.1 Å². The number of hydrogen-bond acceptors (Lipinski definition) is 5. The van der Waals surface area contributed by atoms with Crippen molar-refractivity contribution in [2.24, 2.45) is 22.6 Å². The third-order valence-electron chi connectivity index (χ3n) is 5.50. The van der Waals surface area contributed by atoms with Gasteiger partial charge < -0.3 is 5.73 Å². The van der Waals surface area contributed by atoms with Gasteiger partial charge in [0, 0.05) is 11.9 Å². The zero-order valence-corrected chi connectivity index (χ0v) is 15.9. The number of benzene rings is 1. The largest absolute Gasteiger partial charge is 0.369 e. The summed E-state index contributed by atoms with van der Waals surface area (Å²) in [5, 5.41) is 11.0. The van der Waals surface area contributed by atoms with Crippen molar-refractivity contribution in [3.63, 3.8) is 0 Å². The van der Waals surface area contributed by atoms with Gasteiger partial charge >= 0.3 is 0 Å². The molecule has 138 valence electrons. The summed E-state index contributed by atoms with van der Waals surface area (Å²) in [7, 11) is 1.66. The summed E-state index contributed by atoms with van der Waals surface area (Å²) in [6, 6.07) is 8.34. The Balaban J connectivity index is 1.77. The highest BCUT2D eigenvalue weighted by Gasteiger charge is 2.53. The van der Waals surface area contributed by atoms with Crippen molar-refractivity contribution in [1.82, 2.24) is 4.90 Å². The summed E-state index contributed by atoms with van der Waals surface area (Å²) >= 11 is 1.51. The highest BCUT2D eigenvalue weighted by Crippen LogP contribution is 2.51. The van der Waals surface area contributed by atoms with E-state index in [9.17, 15) is 9.18 Å². The Morgan fingerprint density at radius 3 is 2.78 bits per heavy atom. The van der Waals surface area contributed by atoms with Gasteiger partial charge in [0.05, 0.1) is 11.5 Å². The summed E-state index contributed by atoms with van der Waals surface area (Å²) in [5.41, 5.74) is 6.96. The smallest absolute Gasteiger partial charge is 0.235 e. The first-order chi connectivity index (χ1) is 12.8. The first-order valence-corrected chi connectivity index (χ1v) is 9.65. The van der Waals surface area contributed by atoms with Crippen molar-refractivity contribution >= 4 is 23.2 Å². The Bertz CT molecular complexity index is 1000. The Labute approximate surface area is 160 Å². The number of aliphatic imine (C=N–C) groups is 1. The van der Waals surface area contributed by atoms with Crippen molar-refractivity contribution < 1.29 is 9.18 Å². The lowest BCUT2D eigenvalue weighted by Gasteiger charge is -2.40. The van der Waals surface area contributed by atoms with E-state index >= 15 is 0 Å². The molecule has 1 saturated carbocycles. The van der Waals surface area contributed by atoms with Gasteiger partial charge in [0.2, 0.25) is 5.91 Å². The van der Waals surface area contributed by atoms with Crippen LogP contribution in [0.2, 0.25) is 0 Å². The first kappa shape index (κ1) is 17.7. The average molecular weight is 382 g/mol. The molecule has 2 heterocycles. The van der Waals surface area contributed by atoms with Crippen molar-refractivity contribution in [2.45, 2.75) is 25.3 Å². The molecule has 5 nitrogen and oxygen atoms in total. The number of carbonyl (C=O) groups excluding carboxylic acids is 1. The second-order valence-corrected chi connectivity index (χ2v) is 8.25. The van der Waals surface area contributed by atoms with Crippen LogP contribution in [-0.4, -0.2) is 23.8 Å². The van der Waals surface area contributed by atoms with Gasteiger partial charge in [-0.05, 0) is 60.4 Å². The Morgan fingerprint density at radius 1 is 1.37 bits per heavy atom. The van der Waals surface area contributed by atoms with Gasteiger partial charge in [-0.1, -0.05) is 6.07 Å².